The fourth-order valence-electron chi connectivity index (χ4n) is 3.15. The Morgan fingerprint density at radius 1 is 1.04 bits per heavy atom. The smallest absolute Gasteiger partial charge is 0.265 e. The molecule has 1 fully saturated rings. The number of piperidine rings is 1. The first-order valence-corrected chi connectivity index (χ1v) is 8.50. The summed E-state index contributed by atoms with van der Waals surface area (Å²) in [5.41, 5.74) is 0.939. The molecular weight excluding hydrogens is 304 g/mol. The molecule has 2 heterocycles. The number of H-pyrrole nitrogens is 1. The highest BCUT2D eigenvalue weighted by molar-refractivity contribution is 5.14. The number of hydrogen-bond acceptors (Lipinski definition) is 4. The minimum Gasteiger partial charge on any atom is -0.312 e. The third-order valence-electron chi connectivity index (χ3n) is 4.49. The molecule has 0 bridgehead atoms. The first kappa shape index (κ1) is 16.7. The lowest BCUT2D eigenvalue weighted by molar-refractivity contribution is 0.190. The fraction of sp³-hybridized carbons (Fsp3) is 0.444. The molecule has 2 N–H and O–H groups in total. The fourth-order valence-corrected chi connectivity index (χ4v) is 3.15. The summed E-state index contributed by atoms with van der Waals surface area (Å²) in [5, 5.41) is 6.04. The van der Waals surface area contributed by atoms with Gasteiger partial charge in [-0.05, 0) is 31.5 Å². The van der Waals surface area contributed by atoms with E-state index in [1.165, 1.54) is 22.4 Å². The van der Waals surface area contributed by atoms with Gasteiger partial charge in [-0.15, -0.1) is 0 Å². The van der Waals surface area contributed by atoms with Crippen LogP contribution in [0, 0.1) is 0 Å². The number of aromatic amines is 1. The largest absolute Gasteiger partial charge is 0.312 e. The highest BCUT2D eigenvalue weighted by atomic mass is 16.1. The molecule has 0 saturated carbocycles. The zero-order valence-corrected chi connectivity index (χ0v) is 13.8. The first-order valence-electron chi connectivity index (χ1n) is 8.50. The first-order chi connectivity index (χ1) is 11.7. The van der Waals surface area contributed by atoms with E-state index in [1.807, 2.05) is 6.07 Å². The van der Waals surface area contributed by atoms with Crippen LogP contribution in [0.5, 0.6) is 0 Å². The van der Waals surface area contributed by atoms with E-state index in [4.69, 9.17) is 0 Å². The SMILES string of the molecule is O=c1ccc(=O)n(CCNC2CCN(Cc3ccccc3)CC2)[nH]1. The molecule has 1 aromatic heterocycles. The summed E-state index contributed by atoms with van der Waals surface area (Å²) < 4.78 is 1.36. The standard InChI is InChI=1S/C18H24N4O2/c23-17-6-7-18(24)22(20-17)13-10-19-16-8-11-21(12-9-16)14-15-4-2-1-3-5-15/h1-7,16,19H,8-14H2,(H,20,23). The predicted octanol–water partition coefficient (Wildman–Crippen LogP) is 0.791. The third kappa shape index (κ3) is 4.66. The molecule has 1 aliphatic rings. The molecule has 1 aliphatic heterocycles. The van der Waals surface area contributed by atoms with Crippen molar-refractivity contribution in [3.05, 3.63) is 68.7 Å². The van der Waals surface area contributed by atoms with Gasteiger partial charge in [0.1, 0.15) is 0 Å². The molecule has 6 heteroatoms. The second kappa shape index (κ2) is 8.08. The average molecular weight is 328 g/mol. The molecule has 0 atom stereocenters. The Kier molecular flexibility index (Phi) is 5.61. The van der Waals surface area contributed by atoms with E-state index >= 15 is 0 Å². The summed E-state index contributed by atoms with van der Waals surface area (Å²) in [6, 6.07) is 13.6. The van der Waals surface area contributed by atoms with Crippen LogP contribution in [-0.4, -0.2) is 40.4 Å². The van der Waals surface area contributed by atoms with Gasteiger partial charge in [0, 0.05) is 31.3 Å². The van der Waals surface area contributed by atoms with Crippen molar-refractivity contribution in [2.75, 3.05) is 19.6 Å². The van der Waals surface area contributed by atoms with E-state index in [-0.39, 0.29) is 11.1 Å². The number of hydrogen-bond donors (Lipinski definition) is 2. The van der Waals surface area contributed by atoms with Gasteiger partial charge in [0.05, 0.1) is 6.54 Å². The maximum absolute atomic E-state index is 11.6. The summed E-state index contributed by atoms with van der Waals surface area (Å²) in [7, 11) is 0. The zero-order chi connectivity index (χ0) is 16.8. The van der Waals surface area contributed by atoms with E-state index in [1.54, 1.807) is 0 Å². The lowest BCUT2D eigenvalue weighted by atomic mass is 10.0. The number of aromatic nitrogens is 2. The van der Waals surface area contributed by atoms with Crippen LogP contribution in [0.15, 0.2) is 52.1 Å². The van der Waals surface area contributed by atoms with E-state index in [9.17, 15) is 9.59 Å². The van der Waals surface area contributed by atoms with Gasteiger partial charge in [-0.2, -0.15) is 0 Å². The van der Waals surface area contributed by atoms with Gasteiger partial charge in [0.25, 0.3) is 11.1 Å². The molecule has 3 rings (SSSR count). The predicted molar refractivity (Wildman–Crippen MR) is 94.1 cm³/mol. The van der Waals surface area contributed by atoms with E-state index < -0.39 is 0 Å². The molecule has 1 saturated heterocycles. The van der Waals surface area contributed by atoms with Gasteiger partial charge in [-0.25, -0.2) is 4.68 Å². The van der Waals surface area contributed by atoms with Crippen LogP contribution >= 0.6 is 0 Å². The number of likely N-dealkylation sites (tertiary alicyclic amines) is 1. The molecule has 0 aliphatic carbocycles. The van der Waals surface area contributed by atoms with Crippen molar-refractivity contribution >= 4 is 0 Å². The monoisotopic (exact) mass is 328 g/mol. The van der Waals surface area contributed by atoms with Crippen LogP contribution in [0.2, 0.25) is 0 Å². The Bertz CT molecular complexity index is 745. The highest BCUT2D eigenvalue weighted by Gasteiger charge is 2.18. The number of nitrogens with one attached hydrogen (secondary N) is 2. The number of nitrogens with zero attached hydrogens (tertiary/aromatic N) is 2. The minimum atomic E-state index is -0.246. The average Bonchev–Trinajstić information content (AvgIpc) is 2.60. The maximum Gasteiger partial charge on any atom is 0.265 e. The van der Waals surface area contributed by atoms with Crippen molar-refractivity contribution in [3.8, 4) is 0 Å². The summed E-state index contributed by atoms with van der Waals surface area (Å²) in [5.74, 6) is 0. The third-order valence-corrected chi connectivity index (χ3v) is 4.49. The summed E-state index contributed by atoms with van der Waals surface area (Å²) in [6.07, 6.45) is 2.21. The quantitative estimate of drug-likeness (QED) is 0.823. The van der Waals surface area contributed by atoms with Gasteiger partial charge in [0.2, 0.25) is 0 Å². The molecule has 24 heavy (non-hydrogen) atoms. The summed E-state index contributed by atoms with van der Waals surface area (Å²) in [4.78, 5) is 25.4. The van der Waals surface area contributed by atoms with Gasteiger partial charge in [-0.3, -0.25) is 19.6 Å². The van der Waals surface area contributed by atoms with Gasteiger partial charge in [-0.1, -0.05) is 30.3 Å². The minimum absolute atomic E-state index is 0.172. The van der Waals surface area contributed by atoms with Crippen molar-refractivity contribution in [3.63, 3.8) is 0 Å². The van der Waals surface area contributed by atoms with Gasteiger partial charge >= 0.3 is 0 Å². The van der Waals surface area contributed by atoms with Gasteiger partial charge in [0.15, 0.2) is 0 Å². The Hall–Kier alpha value is -2.18. The van der Waals surface area contributed by atoms with Crippen LogP contribution < -0.4 is 16.4 Å². The molecule has 2 aromatic rings. The maximum atomic E-state index is 11.6. The Morgan fingerprint density at radius 3 is 2.54 bits per heavy atom. The van der Waals surface area contributed by atoms with E-state index in [0.717, 1.165) is 32.5 Å². The zero-order valence-electron chi connectivity index (χ0n) is 13.8. The van der Waals surface area contributed by atoms with Crippen molar-refractivity contribution in [2.45, 2.75) is 32.0 Å². The molecule has 0 spiro atoms. The lowest BCUT2D eigenvalue weighted by Gasteiger charge is -2.32. The summed E-state index contributed by atoms with van der Waals surface area (Å²) in [6.45, 7) is 4.33. The molecule has 0 amide bonds. The second-order valence-electron chi connectivity index (χ2n) is 6.29. The Balaban J connectivity index is 1.40. The highest BCUT2D eigenvalue weighted by Crippen LogP contribution is 2.13. The van der Waals surface area contributed by atoms with Crippen molar-refractivity contribution in [1.29, 1.82) is 0 Å². The summed E-state index contributed by atoms with van der Waals surface area (Å²) >= 11 is 0. The number of benzene rings is 1. The molecular formula is C18H24N4O2. The molecule has 1 aromatic carbocycles. The Morgan fingerprint density at radius 2 is 1.79 bits per heavy atom. The van der Waals surface area contributed by atoms with Gasteiger partial charge < -0.3 is 5.32 Å². The van der Waals surface area contributed by atoms with E-state index in [2.05, 4.69) is 39.6 Å². The molecule has 128 valence electrons. The second-order valence-corrected chi connectivity index (χ2v) is 6.29. The molecule has 6 nitrogen and oxygen atoms in total. The topological polar surface area (TPSA) is 70.1 Å². The van der Waals surface area contributed by atoms with Crippen LogP contribution in [0.1, 0.15) is 18.4 Å². The van der Waals surface area contributed by atoms with Crippen LogP contribution in [0.3, 0.4) is 0 Å². The number of rotatable bonds is 6. The van der Waals surface area contributed by atoms with E-state index in [0.29, 0.717) is 19.1 Å². The van der Waals surface area contributed by atoms with Crippen molar-refractivity contribution in [2.24, 2.45) is 0 Å². The van der Waals surface area contributed by atoms with Crippen LogP contribution in [0.4, 0.5) is 0 Å². The van der Waals surface area contributed by atoms with Crippen LogP contribution in [-0.2, 0) is 13.1 Å². The molecule has 0 radical (unpaired) electrons. The molecule has 0 unspecified atom stereocenters. The van der Waals surface area contributed by atoms with Crippen molar-refractivity contribution < 1.29 is 0 Å². The lowest BCUT2D eigenvalue weighted by Crippen LogP contribution is -2.43. The van der Waals surface area contributed by atoms with Crippen molar-refractivity contribution in [1.82, 2.24) is 20.0 Å². The van der Waals surface area contributed by atoms with Crippen LogP contribution in [0.25, 0.3) is 0 Å². The Labute approximate surface area is 141 Å². The normalized spacial score (nSPS) is 16.3.